The number of amides is 2. The minimum atomic E-state index is -2.62. The molecule has 0 fully saturated rings. The van der Waals surface area contributed by atoms with E-state index in [1.165, 1.54) is 12.4 Å². The highest BCUT2D eigenvalue weighted by Crippen LogP contribution is 2.28. The van der Waals surface area contributed by atoms with Gasteiger partial charge in [0.05, 0.1) is 30.7 Å². The molecule has 0 aliphatic carbocycles. The number of carboxylic acid groups (broad SMARTS) is 1. The SMILES string of the molecule is CCc1cc(Nc2nccn3c(-c4cn(CC(F)F)nc4C#N)cnc23)ccc1C(=O)NCCOCCNC(=O)O. The Bertz CT molecular complexity index is 1580. The Morgan fingerprint density at radius 2 is 1.98 bits per heavy atom. The van der Waals surface area contributed by atoms with Gasteiger partial charge in [0, 0.05) is 42.9 Å². The first-order valence-electron chi connectivity index (χ1n) is 12.6. The Kier molecular flexibility index (Phi) is 9.38. The number of ether oxygens (including phenoxy) is 1. The number of alkyl halides is 2. The maximum absolute atomic E-state index is 12.8. The first-order valence-corrected chi connectivity index (χ1v) is 12.6. The number of carbonyl (C=O) groups excluding carboxylic acids is 1. The van der Waals surface area contributed by atoms with Crippen LogP contribution in [-0.4, -0.2) is 74.0 Å². The van der Waals surface area contributed by atoms with Crippen molar-refractivity contribution in [3.63, 3.8) is 0 Å². The molecule has 0 aliphatic heterocycles. The van der Waals surface area contributed by atoms with Gasteiger partial charge in [0.2, 0.25) is 0 Å². The number of nitriles is 1. The molecule has 15 heteroatoms. The predicted molar refractivity (Wildman–Crippen MR) is 143 cm³/mol. The van der Waals surface area contributed by atoms with E-state index in [-0.39, 0.29) is 37.9 Å². The normalized spacial score (nSPS) is 11.0. The monoisotopic (exact) mass is 567 g/mol. The summed E-state index contributed by atoms with van der Waals surface area (Å²) in [5.41, 5.74) is 3.26. The van der Waals surface area contributed by atoms with Crippen molar-refractivity contribution in [2.75, 3.05) is 31.6 Å². The van der Waals surface area contributed by atoms with E-state index in [0.29, 0.717) is 40.4 Å². The fourth-order valence-corrected chi connectivity index (χ4v) is 4.12. The summed E-state index contributed by atoms with van der Waals surface area (Å²) in [5, 5.41) is 30.1. The maximum atomic E-state index is 12.8. The number of fused-ring (bicyclic) bond motifs is 1. The Morgan fingerprint density at radius 1 is 1.20 bits per heavy atom. The second-order valence-corrected chi connectivity index (χ2v) is 8.68. The number of nitrogens with zero attached hydrogens (tertiary/aromatic N) is 6. The quantitative estimate of drug-likeness (QED) is 0.177. The van der Waals surface area contributed by atoms with E-state index in [4.69, 9.17) is 9.84 Å². The van der Waals surface area contributed by atoms with E-state index in [1.807, 2.05) is 19.1 Å². The molecule has 0 radical (unpaired) electrons. The van der Waals surface area contributed by atoms with E-state index < -0.39 is 19.1 Å². The lowest BCUT2D eigenvalue weighted by Gasteiger charge is -2.13. The van der Waals surface area contributed by atoms with Crippen LogP contribution in [0.4, 0.5) is 25.1 Å². The van der Waals surface area contributed by atoms with Crippen LogP contribution in [0.2, 0.25) is 0 Å². The molecule has 0 atom stereocenters. The third-order valence-corrected chi connectivity index (χ3v) is 5.94. The first-order chi connectivity index (χ1) is 19.8. The van der Waals surface area contributed by atoms with Crippen molar-refractivity contribution in [1.82, 2.24) is 34.8 Å². The van der Waals surface area contributed by atoms with Crippen LogP contribution in [0.5, 0.6) is 0 Å². The topological polar surface area (TPSA) is 171 Å². The third-order valence-electron chi connectivity index (χ3n) is 5.94. The molecule has 3 heterocycles. The molecule has 41 heavy (non-hydrogen) atoms. The third kappa shape index (κ3) is 7.11. The highest BCUT2D eigenvalue weighted by Gasteiger charge is 2.19. The van der Waals surface area contributed by atoms with E-state index in [2.05, 4.69) is 31.0 Å². The average molecular weight is 568 g/mol. The van der Waals surface area contributed by atoms with Gasteiger partial charge in [-0.1, -0.05) is 6.92 Å². The van der Waals surface area contributed by atoms with Crippen LogP contribution in [0, 0.1) is 11.3 Å². The van der Waals surface area contributed by atoms with Crippen LogP contribution >= 0.6 is 0 Å². The Labute approximate surface area is 232 Å². The summed E-state index contributed by atoms with van der Waals surface area (Å²) in [4.78, 5) is 31.9. The Morgan fingerprint density at radius 3 is 2.68 bits per heavy atom. The fraction of sp³-hybridized carbons (Fsp3) is 0.308. The molecule has 0 spiro atoms. The van der Waals surface area contributed by atoms with Gasteiger partial charge >= 0.3 is 6.09 Å². The predicted octanol–water partition coefficient (Wildman–Crippen LogP) is 3.05. The van der Waals surface area contributed by atoms with Crippen LogP contribution in [-0.2, 0) is 17.7 Å². The zero-order valence-electron chi connectivity index (χ0n) is 22.0. The summed E-state index contributed by atoms with van der Waals surface area (Å²) in [6.45, 7) is 2.15. The van der Waals surface area contributed by atoms with Gasteiger partial charge in [0.15, 0.2) is 17.2 Å². The van der Waals surface area contributed by atoms with Crippen LogP contribution in [0.1, 0.15) is 28.5 Å². The molecular weight excluding hydrogens is 540 g/mol. The summed E-state index contributed by atoms with van der Waals surface area (Å²) >= 11 is 0. The zero-order valence-corrected chi connectivity index (χ0v) is 22.0. The number of rotatable bonds is 13. The number of carbonyl (C=O) groups is 2. The molecule has 4 aromatic rings. The summed E-state index contributed by atoms with van der Waals surface area (Å²) < 4.78 is 33.7. The van der Waals surface area contributed by atoms with Crippen molar-refractivity contribution < 1.29 is 28.2 Å². The number of aryl methyl sites for hydroxylation is 1. The molecule has 0 bridgehead atoms. The molecule has 4 rings (SSSR count). The van der Waals surface area contributed by atoms with E-state index >= 15 is 0 Å². The number of anilines is 2. The van der Waals surface area contributed by atoms with Crippen LogP contribution in [0.25, 0.3) is 16.9 Å². The number of hydrogen-bond donors (Lipinski definition) is 4. The van der Waals surface area contributed by atoms with Gasteiger partial charge in [-0.3, -0.25) is 13.9 Å². The lowest BCUT2D eigenvalue weighted by molar-refractivity contribution is 0.0916. The molecule has 214 valence electrons. The first kappa shape index (κ1) is 28.9. The van der Waals surface area contributed by atoms with Gasteiger partial charge in [-0.25, -0.2) is 23.5 Å². The molecule has 0 saturated carbocycles. The van der Waals surface area contributed by atoms with Crippen molar-refractivity contribution in [2.24, 2.45) is 0 Å². The largest absolute Gasteiger partial charge is 0.465 e. The number of hydrogen-bond acceptors (Lipinski definition) is 8. The zero-order chi connectivity index (χ0) is 29.4. The van der Waals surface area contributed by atoms with Gasteiger partial charge in [-0.2, -0.15) is 10.4 Å². The standard InChI is InChI=1S/C26H27F2N9O4/c1-2-16-11-17(3-4-18(16)25(38)31-6-9-41-10-7-32-26(39)40)34-23-24-33-13-21(37(24)8-5-30-23)19-14-36(15-22(27)28)35-20(19)12-29/h3-5,8,11,13-14,22,32H,2,6-7,9-10,15H2,1H3,(H,30,34)(H,31,38)(H,39,40). The van der Waals surface area contributed by atoms with Crippen molar-refractivity contribution in [1.29, 1.82) is 5.26 Å². The number of benzene rings is 1. The summed E-state index contributed by atoms with van der Waals surface area (Å²) in [7, 11) is 0. The van der Waals surface area contributed by atoms with Gasteiger partial charge in [-0.15, -0.1) is 0 Å². The van der Waals surface area contributed by atoms with Gasteiger partial charge in [-0.05, 0) is 30.2 Å². The van der Waals surface area contributed by atoms with Gasteiger partial charge in [0.25, 0.3) is 12.3 Å². The number of aromatic nitrogens is 5. The van der Waals surface area contributed by atoms with Crippen molar-refractivity contribution in [3.8, 4) is 17.3 Å². The molecule has 3 aromatic heterocycles. The lowest BCUT2D eigenvalue weighted by Crippen LogP contribution is -2.30. The fourth-order valence-electron chi connectivity index (χ4n) is 4.12. The van der Waals surface area contributed by atoms with Crippen LogP contribution in [0.15, 0.2) is 43.0 Å². The maximum Gasteiger partial charge on any atom is 0.404 e. The minimum absolute atomic E-state index is 0.00183. The summed E-state index contributed by atoms with van der Waals surface area (Å²) in [6, 6.07) is 7.21. The molecule has 2 amide bonds. The highest BCUT2D eigenvalue weighted by molar-refractivity contribution is 5.96. The number of halogens is 2. The summed E-state index contributed by atoms with van der Waals surface area (Å²) in [5.74, 6) is 0.144. The smallest absolute Gasteiger partial charge is 0.404 e. The van der Waals surface area contributed by atoms with Crippen molar-refractivity contribution >= 4 is 29.2 Å². The lowest BCUT2D eigenvalue weighted by atomic mass is 10.0. The van der Waals surface area contributed by atoms with E-state index in [1.54, 1.807) is 28.9 Å². The van der Waals surface area contributed by atoms with Crippen molar-refractivity contribution in [2.45, 2.75) is 26.3 Å². The Balaban J connectivity index is 1.47. The molecule has 0 unspecified atom stereocenters. The molecule has 1 aromatic carbocycles. The van der Waals surface area contributed by atoms with E-state index in [9.17, 15) is 23.6 Å². The minimum Gasteiger partial charge on any atom is -0.465 e. The molecule has 13 nitrogen and oxygen atoms in total. The molecular formula is C26H27F2N9O4. The highest BCUT2D eigenvalue weighted by atomic mass is 19.3. The summed E-state index contributed by atoms with van der Waals surface area (Å²) in [6.07, 6.45) is 2.94. The van der Waals surface area contributed by atoms with Crippen LogP contribution < -0.4 is 16.0 Å². The van der Waals surface area contributed by atoms with Crippen molar-refractivity contribution in [3.05, 3.63) is 59.8 Å². The second kappa shape index (κ2) is 13.3. The molecule has 4 N–H and O–H groups in total. The van der Waals surface area contributed by atoms with E-state index in [0.717, 1.165) is 10.2 Å². The number of imidazole rings is 1. The average Bonchev–Trinajstić information content (AvgIpc) is 3.56. The van der Waals surface area contributed by atoms with Crippen LogP contribution in [0.3, 0.4) is 0 Å². The second-order valence-electron chi connectivity index (χ2n) is 8.68. The number of nitrogens with one attached hydrogen (secondary N) is 3. The molecule has 0 saturated heterocycles. The Hall–Kier alpha value is -5.10. The van der Waals surface area contributed by atoms with Gasteiger partial charge in [0.1, 0.15) is 12.6 Å². The van der Waals surface area contributed by atoms with Gasteiger partial charge < -0.3 is 25.8 Å². The molecule has 0 aliphatic rings.